The summed E-state index contributed by atoms with van der Waals surface area (Å²) in [5, 5.41) is 12.0. The summed E-state index contributed by atoms with van der Waals surface area (Å²) in [4.78, 5) is 27.0. The molecule has 2 aromatic rings. The van der Waals surface area contributed by atoms with Gasteiger partial charge in [-0.3, -0.25) is 4.79 Å². The number of benzene rings is 1. The van der Waals surface area contributed by atoms with Gasteiger partial charge in [0.25, 0.3) is 0 Å². The average Bonchev–Trinajstić information content (AvgIpc) is 2.48. The Morgan fingerprint density at radius 3 is 2.77 bits per heavy atom. The molecule has 114 valence electrons. The molecule has 0 atom stereocenters. The molecular weight excluding hydrogens is 436 g/mol. The molecule has 2 rings (SSSR count). The summed E-state index contributed by atoms with van der Waals surface area (Å²) in [6.45, 7) is 0.0509. The summed E-state index contributed by atoms with van der Waals surface area (Å²) in [6.07, 6.45) is 1.46. The van der Waals surface area contributed by atoms with Crippen molar-refractivity contribution in [1.29, 1.82) is 0 Å². The van der Waals surface area contributed by atoms with Gasteiger partial charge in [-0.15, -0.1) is 0 Å². The molecule has 0 fully saturated rings. The van der Waals surface area contributed by atoms with E-state index in [2.05, 4.69) is 42.2 Å². The lowest BCUT2D eigenvalue weighted by Crippen LogP contribution is -2.12. The first-order chi connectivity index (χ1) is 10.5. The fraction of sp³-hybridized carbons (Fsp3) is 0.0714. The number of anilines is 1. The minimum absolute atomic E-state index is 0.0180. The number of carboxylic acids is 1. The molecular formula is C14H10Br2N2O3S. The molecule has 0 radical (unpaired) electrons. The smallest absolute Gasteiger partial charge is 0.338 e. The molecule has 0 spiro atoms. The first kappa shape index (κ1) is 17.0. The van der Waals surface area contributed by atoms with Crippen LogP contribution in [0.1, 0.15) is 10.4 Å². The zero-order chi connectivity index (χ0) is 16.1. The van der Waals surface area contributed by atoms with Crippen molar-refractivity contribution in [3.05, 3.63) is 51.0 Å². The number of thioether (sulfide) groups is 1. The van der Waals surface area contributed by atoms with Gasteiger partial charge in [-0.1, -0.05) is 15.9 Å². The molecule has 1 aromatic heterocycles. The van der Waals surface area contributed by atoms with Crippen LogP contribution in [0.3, 0.4) is 0 Å². The Bertz CT molecular complexity index is 725. The first-order valence-corrected chi connectivity index (χ1v) is 8.45. The second kappa shape index (κ2) is 7.75. The van der Waals surface area contributed by atoms with E-state index in [0.29, 0.717) is 0 Å². The number of aromatic carboxylic acids is 1. The summed E-state index contributed by atoms with van der Waals surface area (Å²) in [5.74, 6) is -1.11. The molecule has 22 heavy (non-hydrogen) atoms. The van der Waals surface area contributed by atoms with Gasteiger partial charge >= 0.3 is 5.97 Å². The number of rotatable bonds is 5. The zero-order valence-electron chi connectivity index (χ0n) is 11.0. The summed E-state index contributed by atoms with van der Waals surface area (Å²) in [5.41, 5.74) is 0.785. The zero-order valence-corrected chi connectivity index (χ0v) is 15.0. The maximum absolute atomic E-state index is 12.0. The van der Waals surface area contributed by atoms with Gasteiger partial charge in [0.15, 0.2) is 0 Å². The normalized spacial score (nSPS) is 10.3. The van der Waals surface area contributed by atoms with E-state index in [1.54, 1.807) is 0 Å². The molecule has 0 amide bonds. The Labute approximate surface area is 147 Å². The fourth-order valence-electron chi connectivity index (χ4n) is 1.58. The SMILES string of the molecule is O=C(CNc1cc(Br)ccc1Br)Sc1ncccc1C(=O)O. The van der Waals surface area contributed by atoms with Crippen molar-refractivity contribution in [3.8, 4) is 0 Å². The quantitative estimate of drug-likeness (QED) is 0.676. The molecule has 0 unspecified atom stereocenters. The standard InChI is InChI=1S/C14H10Br2N2O3S/c15-8-3-4-10(16)11(6-8)18-7-12(19)22-13-9(14(20)21)2-1-5-17-13/h1-6,18H,7H2,(H,20,21). The van der Waals surface area contributed by atoms with E-state index in [9.17, 15) is 9.59 Å². The molecule has 1 aromatic carbocycles. The van der Waals surface area contributed by atoms with E-state index < -0.39 is 5.97 Å². The lowest BCUT2D eigenvalue weighted by molar-refractivity contribution is -0.109. The summed E-state index contributed by atoms with van der Waals surface area (Å²) >= 11 is 7.55. The minimum Gasteiger partial charge on any atom is -0.478 e. The number of hydrogen-bond acceptors (Lipinski definition) is 5. The van der Waals surface area contributed by atoms with Crippen LogP contribution in [0.2, 0.25) is 0 Å². The van der Waals surface area contributed by atoms with Crippen LogP contribution in [-0.4, -0.2) is 27.7 Å². The van der Waals surface area contributed by atoms with Crippen LogP contribution in [0.5, 0.6) is 0 Å². The number of carbonyl (C=O) groups excluding carboxylic acids is 1. The molecule has 0 saturated carbocycles. The van der Waals surface area contributed by atoms with Crippen molar-refractivity contribution >= 4 is 60.4 Å². The van der Waals surface area contributed by atoms with Crippen LogP contribution < -0.4 is 5.32 Å². The van der Waals surface area contributed by atoms with Gasteiger partial charge in [-0.25, -0.2) is 9.78 Å². The molecule has 5 nitrogen and oxygen atoms in total. The van der Waals surface area contributed by atoms with Crippen molar-refractivity contribution in [2.75, 3.05) is 11.9 Å². The predicted molar refractivity (Wildman–Crippen MR) is 92.4 cm³/mol. The van der Waals surface area contributed by atoms with Gasteiger partial charge in [-0.2, -0.15) is 0 Å². The van der Waals surface area contributed by atoms with Gasteiger partial charge in [0.1, 0.15) is 5.03 Å². The van der Waals surface area contributed by atoms with E-state index in [4.69, 9.17) is 5.11 Å². The molecule has 0 saturated heterocycles. The van der Waals surface area contributed by atoms with Crippen LogP contribution in [0, 0.1) is 0 Å². The predicted octanol–water partition coefficient (Wildman–Crippen LogP) is 4.04. The van der Waals surface area contributed by atoms with E-state index in [-0.39, 0.29) is 22.2 Å². The maximum Gasteiger partial charge on any atom is 0.338 e. The molecule has 0 aliphatic carbocycles. The molecule has 2 N–H and O–H groups in total. The Kier molecular flexibility index (Phi) is 5.98. The van der Waals surface area contributed by atoms with Crippen molar-refractivity contribution in [1.82, 2.24) is 4.98 Å². The highest BCUT2D eigenvalue weighted by atomic mass is 79.9. The van der Waals surface area contributed by atoms with Crippen molar-refractivity contribution < 1.29 is 14.7 Å². The number of carbonyl (C=O) groups is 2. The average molecular weight is 446 g/mol. The fourth-order valence-corrected chi connectivity index (χ4v) is 3.07. The van der Waals surface area contributed by atoms with Crippen LogP contribution in [0.4, 0.5) is 5.69 Å². The number of pyridine rings is 1. The van der Waals surface area contributed by atoms with Gasteiger partial charge in [-0.05, 0) is 58.0 Å². The van der Waals surface area contributed by atoms with E-state index in [0.717, 1.165) is 26.4 Å². The summed E-state index contributed by atoms with van der Waals surface area (Å²) < 4.78 is 1.72. The number of aromatic nitrogens is 1. The highest BCUT2D eigenvalue weighted by molar-refractivity contribution is 9.11. The van der Waals surface area contributed by atoms with E-state index in [1.165, 1.54) is 18.3 Å². The van der Waals surface area contributed by atoms with Crippen molar-refractivity contribution in [2.45, 2.75) is 5.03 Å². The van der Waals surface area contributed by atoms with Crippen molar-refractivity contribution in [2.24, 2.45) is 0 Å². The van der Waals surface area contributed by atoms with Gasteiger partial charge in [0.05, 0.1) is 12.1 Å². The Morgan fingerprint density at radius 2 is 2.05 bits per heavy atom. The lowest BCUT2D eigenvalue weighted by Gasteiger charge is -2.08. The number of halogens is 2. The topological polar surface area (TPSA) is 79.3 Å². The summed E-state index contributed by atoms with van der Waals surface area (Å²) in [6, 6.07) is 8.51. The van der Waals surface area contributed by atoms with Crippen LogP contribution in [0.25, 0.3) is 0 Å². The second-order valence-electron chi connectivity index (χ2n) is 4.11. The largest absolute Gasteiger partial charge is 0.478 e. The van der Waals surface area contributed by atoms with Gasteiger partial charge < -0.3 is 10.4 Å². The minimum atomic E-state index is -1.11. The van der Waals surface area contributed by atoms with Gasteiger partial charge in [0, 0.05) is 20.8 Å². The molecule has 0 aliphatic heterocycles. The molecule has 0 bridgehead atoms. The number of nitrogens with zero attached hydrogens (tertiary/aromatic N) is 1. The number of carboxylic acid groups (broad SMARTS) is 1. The van der Waals surface area contributed by atoms with Crippen LogP contribution in [0.15, 0.2) is 50.5 Å². The van der Waals surface area contributed by atoms with E-state index in [1.807, 2.05) is 18.2 Å². The Morgan fingerprint density at radius 1 is 1.27 bits per heavy atom. The lowest BCUT2D eigenvalue weighted by atomic mass is 10.3. The Balaban J connectivity index is 2.02. The van der Waals surface area contributed by atoms with E-state index >= 15 is 0 Å². The second-order valence-corrected chi connectivity index (χ2v) is 6.93. The maximum atomic E-state index is 12.0. The van der Waals surface area contributed by atoms with Crippen LogP contribution in [-0.2, 0) is 4.79 Å². The monoisotopic (exact) mass is 444 g/mol. The number of hydrogen-bond donors (Lipinski definition) is 2. The third-order valence-electron chi connectivity index (χ3n) is 2.56. The molecule has 0 aliphatic rings. The molecule has 8 heteroatoms. The third kappa shape index (κ3) is 4.56. The highest BCUT2D eigenvalue weighted by Crippen LogP contribution is 2.27. The first-order valence-electron chi connectivity index (χ1n) is 6.05. The highest BCUT2D eigenvalue weighted by Gasteiger charge is 2.15. The molecule has 1 heterocycles. The summed E-state index contributed by atoms with van der Waals surface area (Å²) in [7, 11) is 0. The third-order valence-corrected chi connectivity index (χ3v) is 4.64. The van der Waals surface area contributed by atoms with Gasteiger partial charge in [0.2, 0.25) is 5.12 Å². The van der Waals surface area contributed by atoms with Crippen molar-refractivity contribution in [3.63, 3.8) is 0 Å². The Hall–Kier alpha value is -1.38. The van der Waals surface area contributed by atoms with Crippen LogP contribution >= 0.6 is 43.6 Å². The number of nitrogens with one attached hydrogen (secondary N) is 1.